The van der Waals surface area contributed by atoms with Gasteiger partial charge in [-0.15, -0.1) is 11.3 Å². The lowest BCUT2D eigenvalue weighted by Gasteiger charge is -2.26. The van der Waals surface area contributed by atoms with Crippen molar-refractivity contribution in [2.75, 3.05) is 44.7 Å². The number of amides is 2. The van der Waals surface area contributed by atoms with Crippen LogP contribution < -0.4 is 15.5 Å². The summed E-state index contributed by atoms with van der Waals surface area (Å²) in [5.74, 6) is 0.416. The van der Waals surface area contributed by atoms with Crippen LogP contribution in [0, 0.1) is 5.92 Å². The number of carbonyl (C=O) groups excluding carboxylic acids is 2. The molecular formula is C29H36N8O2S. The molecule has 0 aromatic carbocycles. The number of nitrogens with one attached hydrogen (secondary N) is 2. The lowest BCUT2D eigenvalue weighted by atomic mass is 10.1. The van der Waals surface area contributed by atoms with E-state index in [2.05, 4.69) is 46.3 Å². The van der Waals surface area contributed by atoms with Gasteiger partial charge in [-0.3, -0.25) is 14.5 Å². The Hall–Kier alpha value is -3.83. The van der Waals surface area contributed by atoms with Crippen LogP contribution in [0.1, 0.15) is 37.6 Å². The molecule has 0 spiro atoms. The lowest BCUT2D eigenvalue weighted by molar-refractivity contribution is -0.123. The Morgan fingerprint density at radius 2 is 2.00 bits per heavy atom. The molecule has 1 saturated heterocycles. The molecule has 5 rings (SSSR count). The van der Waals surface area contributed by atoms with Gasteiger partial charge in [-0.05, 0) is 56.1 Å². The molecule has 210 valence electrons. The summed E-state index contributed by atoms with van der Waals surface area (Å²) < 4.78 is 1.73. The Morgan fingerprint density at radius 1 is 1.18 bits per heavy atom. The van der Waals surface area contributed by atoms with E-state index in [-0.39, 0.29) is 23.8 Å². The average Bonchev–Trinajstić information content (AvgIpc) is 3.76. The molecule has 4 aromatic heterocycles. The predicted molar refractivity (Wildman–Crippen MR) is 159 cm³/mol. The van der Waals surface area contributed by atoms with Gasteiger partial charge in [-0.2, -0.15) is 5.10 Å². The zero-order chi connectivity index (χ0) is 28.2. The minimum Gasteiger partial charge on any atom is -0.359 e. The molecule has 1 aliphatic rings. The Kier molecular flexibility index (Phi) is 8.41. The summed E-state index contributed by atoms with van der Waals surface area (Å²) in [6, 6.07) is 9.83. The number of carbonyl (C=O) groups is 2. The third kappa shape index (κ3) is 5.71. The second-order valence-corrected chi connectivity index (χ2v) is 11.0. The second-order valence-electron chi connectivity index (χ2n) is 10.0. The minimum atomic E-state index is -0.158. The summed E-state index contributed by atoms with van der Waals surface area (Å²) in [4.78, 5) is 41.1. The maximum absolute atomic E-state index is 13.5. The van der Waals surface area contributed by atoms with E-state index in [1.165, 1.54) is 0 Å². The number of hydrogen-bond acceptors (Lipinski definition) is 8. The van der Waals surface area contributed by atoms with Gasteiger partial charge in [-0.1, -0.05) is 19.9 Å². The third-order valence-electron chi connectivity index (χ3n) is 7.62. The first kappa shape index (κ1) is 27.7. The minimum absolute atomic E-state index is 0.0231. The van der Waals surface area contributed by atoms with Crippen molar-refractivity contribution < 1.29 is 9.59 Å². The van der Waals surface area contributed by atoms with Crippen molar-refractivity contribution in [1.82, 2.24) is 35.1 Å². The molecule has 5 heterocycles. The van der Waals surface area contributed by atoms with E-state index in [4.69, 9.17) is 9.97 Å². The molecule has 2 amide bonds. The number of fused-ring (bicyclic) bond motifs is 1. The molecule has 4 aromatic rings. The normalized spacial score (nSPS) is 16.0. The number of likely N-dealkylation sites (N-methyl/N-ethyl adjacent to an activating group) is 1. The van der Waals surface area contributed by atoms with E-state index in [0.29, 0.717) is 42.4 Å². The molecule has 0 saturated carbocycles. The zero-order valence-electron chi connectivity index (χ0n) is 23.4. The molecule has 10 nitrogen and oxygen atoms in total. The quantitative estimate of drug-likeness (QED) is 0.305. The molecule has 2 N–H and O–H groups in total. The van der Waals surface area contributed by atoms with Crippen LogP contribution in [0.4, 0.5) is 5.82 Å². The second kappa shape index (κ2) is 12.1. The highest BCUT2D eigenvalue weighted by molar-refractivity contribution is 7.13. The molecular weight excluding hydrogens is 524 g/mol. The van der Waals surface area contributed by atoms with Crippen LogP contribution in [0.2, 0.25) is 0 Å². The van der Waals surface area contributed by atoms with Crippen LogP contribution in [-0.4, -0.2) is 82.1 Å². The Balaban J connectivity index is 1.51. The standard InChI is InChI=1S/C29H36N8O2S/c1-5-35(6-2)19(3)16-31-29(39)21-14-24(33-26(15-21)36-11-9-20(18-36)28(38)30-4)22-17-32-37-12-10-23(34-27(22)37)25-8-7-13-40-25/h7-8,10,12-15,17,19-20H,5-6,9,11,16,18H2,1-4H3,(H,30,38)(H,31,39)/t19?,20-/m0/s1. The van der Waals surface area contributed by atoms with E-state index < -0.39 is 0 Å². The van der Waals surface area contributed by atoms with Gasteiger partial charge in [0, 0.05) is 44.5 Å². The average molecular weight is 561 g/mol. The summed E-state index contributed by atoms with van der Waals surface area (Å²) in [5, 5.41) is 12.4. The van der Waals surface area contributed by atoms with E-state index in [0.717, 1.165) is 35.6 Å². The van der Waals surface area contributed by atoms with E-state index in [9.17, 15) is 9.59 Å². The maximum atomic E-state index is 13.5. The number of nitrogens with zero attached hydrogens (tertiary/aromatic N) is 6. The molecule has 1 unspecified atom stereocenters. The first-order valence-electron chi connectivity index (χ1n) is 13.8. The van der Waals surface area contributed by atoms with Gasteiger partial charge in [0.15, 0.2) is 5.65 Å². The van der Waals surface area contributed by atoms with E-state index >= 15 is 0 Å². The monoisotopic (exact) mass is 560 g/mol. The van der Waals surface area contributed by atoms with Crippen molar-refractivity contribution in [2.24, 2.45) is 5.92 Å². The van der Waals surface area contributed by atoms with Crippen molar-refractivity contribution in [3.05, 3.63) is 53.7 Å². The Morgan fingerprint density at radius 3 is 2.73 bits per heavy atom. The number of rotatable bonds is 10. The highest BCUT2D eigenvalue weighted by Crippen LogP contribution is 2.30. The Bertz CT molecular complexity index is 1480. The molecule has 0 aliphatic carbocycles. The summed E-state index contributed by atoms with van der Waals surface area (Å²) in [7, 11) is 1.66. The van der Waals surface area contributed by atoms with Gasteiger partial charge in [0.2, 0.25) is 5.91 Å². The van der Waals surface area contributed by atoms with Crippen LogP contribution in [0.3, 0.4) is 0 Å². The van der Waals surface area contributed by atoms with Crippen molar-refractivity contribution in [1.29, 1.82) is 0 Å². The van der Waals surface area contributed by atoms with Gasteiger partial charge in [-0.25, -0.2) is 14.5 Å². The fourth-order valence-electron chi connectivity index (χ4n) is 5.26. The molecule has 1 fully saturated rings. The molecule has 0 bridgehead atoms. The summed E-state index contributed by atoms with van der Waals surface area (Å²) in [6.07, 6.45) is 4.37. The first-order valence-corrected chi connectivity index (χ1v) is 14.7. The molecule has 2 atom stereocenters. The summed E-state index contributed by atoms with van der Waals surface area (Å²) >= 11 is 1.63. The zero-order valence-corrected chi connectivity index (χ0v) is 24.2. The molecule has 0 radical (unpaired) electrons. The molecule has 1 aliphatic heterocycles. The largest absolute Gasteiger partial charge is 0.359 e. The van der Waals surface area contributed by atoms with Crippen molar-refractivity contribution in [3.8, 4) is 21.8 Å². The third-order valence-corrected chi connectivity index (χ3v) is 8.51. The number of aromatic nitrogens is 4. The smallest absolute Gasteiger partial charge is 0.251 e. The van der Waals surface area contributed by atoms with Crippen LogP contribution >= 0.6 is 11.3 Å². The molecule has 40 heavy (non-hydrogen) atoms. The topological polar surface area (TPSA) is 108 Å². The van der Waals surface area contributed by atoms with Crippen molar-refractivity contribution >= 4 is 34.6 Å². The number of thiophene rings is 1. The van der Waals surface area contributed by atoms with Crippen LogP contribution in [-0.2, 0) is 4.79 Å². The van der Waals surface area contributed by atoms with Gasteiger partial charge in [0.1, 0.15) is 5.82 Å². The summed E-state index contributed by atoms with van der Waals surface area (Å²) in [6.45, 7) is 9.99. The van der Waals surface area contributed by atoms with Gasteiger partial charge in [0.25, 0.3) is 5.91 Å². The Labute approximate surface area is 238 Å². The van der Waals surface area contributed by atoms with Gasteiger partial charge in [0.05, 0.1) is 33.9 Å². The van der Waals surface area contributed by atoms with Crippen LogP contribution in [0.5, 0.6) is 0 Å². The van der Waals surface area contributed by atoms with Crippen molar-refractivity contribution in [3.63, 3.8) is 0 Å². The first-order chi connectivity index (χ1) is 19.4. The van der Waals surface area contributed by atoms with Crippen LogP contribution in [0.15, 0.2) is 48.1 Å². The number of hydrogen-bond donors (Lipinski definition) is 2. The van der Waals surface area contributed by atoms with E-state index in [1.807, 2.05) is 41.9 Å². The maximum Gasteiger partial charge on any atom is 0.251 e. The van der Waals surface area contributed by atoms with Gasteiger partial charge >= 0.3 is 0 Å². The van der Waals surface area contributed by atoms with Crippen LogP contribution in [0.25, 0.3) is 27.5 Å². The molecule has 11 heteroatoms. The van der Waals surface area contributed by atoms with Gasteiger partial charge < -0.3 is 15.5 Å². The summed E-state index contributed by atoms with van der Waals surface area (Å²) in [5.41, 5.74) is 3.41. The highest BCUT2D eigenvalue weighted by Gasteiger charge is 2.29. The number of anilines is 1. The highest BCUT2D eigenvalue weighted by atomic mass is 32.1. The fraction of sp³-hybridized carbons (Fsp3) is 0.414. The SMILES string of the molecule is CCN(CC)C(C)CNC(=O)c1cc(-c2cnn3ccc(-c4cccs4)nc23)nc(N2CC[C@H](C(=O)NC)C2)c1. The predicted octanol–water partition coefficient (Wildman–Crippen LogP) is 3.55. The lowest BCUT2D eigenvalue weighted by Crippen LogP contribution is -2.42. The van der Waals surface area contributed by atoms with Crippen molar-refractivity contribution in [2.45, 2.75) is 33.2 Å². The number of pyridine rings is 1. The van der Waals surface area contributed by atoms with E-state index in [1.54, 1.807) is 29.1 Å². The fourth-order valence-corrected chi connectivity index (χ4v) is 5.96.